The van der Waals surface area contributed by atoms with E-state index in [0.29, 0.717) is 12.3 Å². The number of methoxy groups -OCH3 is 1. The third-order valence-electron chi connectivity index (χ3n) is 5.76. The summed E-state index contributed by atoms with van der Waals surface area (Å²) in [6.45, 7) is 3.79. The standard InChI is InChI=1S/C13H20N2O.C11H13NO/c1-16-13-7-6-12(14-11-13)5-4-10-15-8-2-3-9-15;12-11(13)7-8-5-9-3-1-2-4-10(9)6-8/h6-7,11H,2-5,8-10H2,1H3;1-4,8H,5-7H2,(H2,12,13). The minimum Gasteiger partial charge on any atom is -0.495 e. The van der Waals surface area contributed by atoms with E-state index in [-0.39, 0.29) is 5.91 Å². The van der Waals surface area contributed by atoms with Crippen molar-refractivity contribution in [3.05, 3.63) is 59.4 Å². The molecule has 2 N–H and O–H groups in total. The molecule has 0 atom stereocenters. The lowest BCUT2D eigenvalue weighted by Gasteiger charge is -2.13. The van der Waals surface area contributed by atoms with Crippen LogP contribution in [0.1, 0.15) is 42.5 Å². The lowest BCUT2D eigenvalue weighted by molar-refractivity contribution is -0.118. The number of pyridine rings is 1. The Morgan fingerprint density at radius 2 is 1.83 bits per heavy atom. The van der Waals surface area contributed by atoms with E-state index in [9.17, 15) is 4.79 Å². The normalized spacial score (nSPS) is 16.2. The fourth-order valence-corrected chi connectivity index (χ4v) is 4.25. The highest BCUT2D eigenvalue weighted by molar-refractivity contribution is 5.74. The summed E-state index contributed by atoms with van der Waals surface area (Å²) >= 11 is 0. The van der Waals surface area contributed by atoms with Gasteiger partial charge in [-0.2, -0.15) is 0 Å². The topological polar surface area (TPSA) is 68.4 Å². The third kappa shape index (κ3) is 6.86. The van der Waals surface area contributed by atoms with Crippen molar-refractivity contribution in [1.82, 2.24) is 9.88 Å². The summed E-state index contributed by atoms with van der Waals surface area (Å²) in [6.07, 6.45) is 9.37. The van der Waals surface area contributed by atoms with Crippen molar-refractivity contribution in [3.63, 3.8) is 0 Å². The number of primary amides is 1. The molecule has 5 nitrogen and oxygen atoms in total. The molecule has 1 aromatic heterocycles. The van der Waals surface area contributed by atoms with E-state index in [1.165, 1.54) is 55.7 Å². The van der Waals surface area contributed by atoms with Gasteiger partial charge >= 0.3 is 0 Å². The van der Waals surface area contributed by atoms with Crippen LogP contribution in [-0.4, -0.2) is 42.5 Å². The SMILES string of the molecule is COc1ccc(CCCN2CCCC2)nc1.NC(=O)CC1Cc2ccccc2C1. The number of aryl methyl sites for hydroxylation is 1. The predicted molar refractivity (Wildman–Crippen MR) is 116 cm³/mol. The summed E-state index contributed by atoms with van der Waals surface area (Å²) < 4.78 is 5.08. The zero-order valence-electron chi connectivity index (χ0n) is 17.5. The number of nitrogens with two attached hydrogens (primary N) is 1. The van der Waals surface area contributed by atoms with E-state index >= 15 is 0 Å². The van der Waals surface area contributed by atoms with Crippen LogP contribution in [0.5, 0.6) is 5.75 Å². The number of rotatable bonds is 7. The molecule has 0 bridgehead atoms. The Bertz CT molecular complexity index is 745. The van der Waals surface area contributed by atoms with Crippen molar-refractivity contribution in [3.8, 4) is 5.75 Å². The molecule has 0 saturated carbocycles. The van der Waals surface area contributed by atoms with Gasteiger partial charge in [0.15, 0.2) is 0 Å². The first-order chi connectivity index (χ1) is 14.1. The summed E-state index contributed by atoms with van der Waals surface area (Å²) in [6, 6.07) is 12.4. The smallest absolute Gasteiger partial charge is 0.217 e. The van der Waals surface area contributed by atoms with Gasteiger partial charge in [0, 0.05) is 12.1 Å². The molecule has 29 heavy (non-hydrogen) atoms. The van der Waals surface area contributed by atoms with Gasteiger partial charge in [0.05, 0.1) is 13.3 Å². The van der Waals surface area contributed by atoms with Crippen molar-refractivity contribution in [2.75, 3.05) is 26.7 Å². The van der Waals surface area contributed by atoms with Gasteiger partial charge in [-0.25, -0.2) is 0 Å². The van der Waals surface area contributed by atoms with Crippen LogP contribution in [-0.2, 0) is 24.1 Å². The molecule has 4 rings (SSSR count). The lowest BCUT2D eigenvalue weighted by Crippen LogP contribution is -2.20. The molecule has 0 radical (unpaired) electrons. The number of hydrogen-bond donors (Lipinski definition) is 1. The number of aromatic nitrogens is 1. The zero-order chi connectivity index (χ0) is 20.5. The number of carbonyl (C=O) groups excluding carboxylic acids is 1. The first kappa shape index (κ1) is 21.3. The fourth-order valence-electron chi connectivity index (χ4n) is 4.25. The minimum absolute atomic E-state index is 0.183. The van der Waals surface area contributed by atoms with Gasteiger partial charge in [0.2, 0.25) is 5.91 Å². The maximum atomic E-state index is 10.7. The molecule has 2 heterocycles. The number of amides is 1. The van der Waals surface area contributed by atoms with Gasteiger partial charge in [-0.3, -0.25) is 9.78 Å². The number of carbonyl (C=O) groups is 1. The van der Waals surface area contributed by atoms with E-state index in [4.69, 9.17) is 10.5 Å². The Hall–Kier alpha value is -2.40. The largest absolute Gasteiger partial charge is 0.495 e. The molecule has 156 valence electrons. The third-order valence-corrected chi connectivity index (χ3v) is 5.76. The van der Waals surface area contributed by atoms with Crippen molar-refractivity contribution < 1.29 is 9.53 Å². The quantitative estimate of drug-likeness (QED) is 0.780. The summed E-state index contributed by atoms with van der Waals surface area (Å²) in [4.78, 5) is 17.6. The van der Waals surface area contributed by atoms with Crippen LogP contribution in [0.2, 0.25) is 0 Å². The fraction of sp³-hybridized carbons (Fsp3) is 0.500. The van der Waals surface area contributed by atoms with Crippen LogP contribution in [0, 0.1) is 5.92 Å². The number of likely N-dealkylation sites (tertiary alicyclic amines) is 1. The van der Waals surface area contributed by atoms with Crippen LogP contribution in [0.25, 0.3) is 0 Å². The molecule has 1 saturated heterocycles. The van der Waals surface area contributed by atoms with Crippen LogP contribution in [0.15, 0.2) is 42.6 Å². The molecular formula is C24H33N3O2. The number of nitrogens with zero attached hydrogens (tertiary/aromatic N) is 2. The van der Waals surface area contributed by atoms with E-state index < -0.39 is 0 Å². The van der Waals surface area contributed by atoms with Crippen molar-refractivity contribution >= 4 is 5.91 Å². The monoisotopic (exact) mass is 395 g/mol. The molecule has 2 aliphatic rings. The number of fused-ring (bicyclic) bond motifs is 1. The van der Waals surface area contributed by atoms with Crippen LogP contribution >= 0.6 is 0 Å². The van der Waals surface area contributed by atoms with Crippen LogP contribution < -0.4 is 10.5 Å². The molecule has 0 spiro atoms. The second-order valence-electron chi connectivity index (χ2n) is 8.06. The molecule has 1 amide bonds. The highest BCUT2D eigenvalue weighted by Gasteiger charge is 2.21. The van der Waals surface area contributed by atoms with Gasteiger partial charge in [0.1, 0.15) is 5.75 Å². The average Bonchev–Trinajstić information content (AvgIpc) is 3.37. The molecule has 5 heteroatoms. The van der Waals surface area contributed by atoms with Gasteiger partial charge in [-0.1, -0.05) is 24.3 Å². The average molecular weight is 396 g/mol. The molecular weight excluding hydrogens is 362 g/mol. The Morgan fingerprint density at radius 1 is 1.14 bits per heavy atom. The molecule has 1 aliphatic heterocycles. The van der Waals surface area contributed by atoms with Crippen LogP contribution in [0.3, 0.4) is 0 Å². The predicted octanol–water partition coefficient (Wildman–Crippen LogP) is 3.40. The second kappa shape index (κ2) is 11.0. The van der Waals surface area contributed by atoms with E-state index in [1.807, 2.05) is 18.2 Å². The summed E-state index contributed by atoms with van der Waals surface area (Å²) in [5, 5.41) is 0. The van der Waals surface area contributed by atoms with E-state index in [2.05, 4.69) is 28.1 Å². The Balaban J connectivity index is 0.000000169. The second-order valence-corrected chi connectivity index (χ2v) is 8.06. The summed E-state index contributed by atoms with van der Waals surface area (Å²) in [7, 11) is 1.67. The molecule has 1 aliphatic carbocycles. The number of hydrogen-bond acceptors (Lipinski definition) is 4. The van der Waals surface area contributed by atoms with Crippen molar-refractivity contribution in [1.29, 1.82) is 0 Å². The number of ether oxygens (including phenoxy) is 1. The zero-order valence-corrected chi connectivity index (χ0v) is 17.5. The first-order valence-corrected chi connectivity index (χ1v) is 10.7. The van der Waals surface area contributed by atoms with Gasteiger partial charge in [-0.15, -0.1) is 0 Å². The van der Waals surface area contributed by atoms with E-state index in [1.54, 1.807) is 13.3 Å². The van der Waals surface area contributed by atoms with Gasteiger partial charge in [0.25, 0.3) is 0 Å². The molecule has 2 aromatic rings. The van der Waals surface area contributed by atoms with Crippen LogP contribution in [0.4, 0.5) is 0 Å². The molecule has 0 unspecified atom stereocenters. The minimum atomic E-state index is -0.183. The molecule has 1 aromatic carbocycles. The maximum absolute atomic E-state index is 10.7. The first-order valence-electron chi connectivity index (χ1n) is 10.7. The molecule has 1 fully saturated rings. The Morgan fingerprint density at radius 3 is 2.38 bits per heavy atom. The highest BCUT2D eigenvalue weighted by Crippen LogP contribution is 2.28. The van der Waals surface area contributed by atoms with Crippen molar-refractivity contribution in [2.45, 2.75) is 44.9 Å². The summed E-state index contributed by atoms with van der Waals surface area (Å²) in [5.74, 6) is 1.09. The Labute approximate surface area is 174 Å². The highest BCUT2D eigenvalue weighted by atomic mass is 16.5. The van der Waals surface area contributed by atoms with E-state index in [0.717, 1.165) is 25.0 Å². The maximum Gasteiger partial charge on any atom is 0.217 e. The number of benzene rings is 1. The lowest BCUT2D eigenvalue weighted by atomic mass is 10.0. The Kier molecular flexibility index (Phi) is 8.05. The summed E-state index contributed by atoms with van der Waals surface area (Å²) in [5.41, 5.74) is 9.10. The van der Waals surface area contributed by atoms with Gasteiger partial charge in [-0.05, 0) is 87.3 Å². The van der Waals surface area contributed by atoms with Crippen molar-refractivity contribution in [2.24, 2.45) is 11.7 Å². The van der Waals surface area contributed by atoms with Gasteiger partial charge < -0.3 is 15.4 Å².